The lowest BCUT2D eigenvalue weighted by atomic mass is 10.3. The van der Waals surface area contributed by atoms with E-state index in [1.54, 1.807) is 32.2 Å². The molecule has 0 radical (unpaired) electrons. The molecule has 0 bridgehead atoms. The van der Waals surface area contributed by atoms with E-state index in [0.29, 0.717) is 17.9 Å². The lowest BCUT2D eigenvalue weighted by Gasteiger charge is -2.06. The smallest absolute Gasteiger partial charge is 0.309 e. The van der Waals surface area contributed by atoms with Crippen molar-refractivity contribution in [1.82, 2.24) is 4.98 Å². The molecule has 0 saturated heterocycles. The molecule has 0 spiro atoms. The molecule has 0 aliphatic rings. The molecule has 0 aromatic carbocycles. The summed E-state index contributed by atoms with van der Waals surface area (Å²) < 4.78 is 27.5. The van der Waals surface area contributed by atoms with Crippen molar-refractivity contribution < 1.29 is 12.6 Å². The first-order valence-electron chi connectivity index (χ1n) is 4.39. The third-order valence-corrected chi connectivity index (χ3v) is 2.97. The molecular weight excluding hydrogens is 202 g/mol. The summed E-state index contributed by atoms with van der Waals surface area (Å²) in [5, 5.41) is 0. The Bertz CT molecular complexity index is 400. The lowest BCUT2D eigenvalue weighted by molar-refractivity contribution is 0.481. The zero-order valence-corrected chi connectivity index (χ0v) is 9.04. The molecule has 14 heavy (non-hydrogen) atoms. The number of hydrogen-bond donors (Lipinski definition) is 0. The Kier molecular flexibility index (Phi) is 3.46. The van der Waals surface area contributed by atoms with Crippen LogP contribution in [-0.2, 0) is 10.1 Å². The van der Waals surface area contributed by atoms with Gasteiger partial charge >= 0.3 is 10.1 Å². The third kappa shape index (κ3) is 2.99. The van der Waals surface area contributed by atoms with Gasteiger partial charge in [-0.05, 0) is 25.5 Å². The summed E-state index contributed by atoms with van der Waals surface area (Å²) in [6.45, 7) is 3.49. The van der Waals surface area contributed by atoms with Gasteiger partial charge in [0.05, 0.1) is 11.4 Å². The van der Waals surface area contributed by atoms with E-state index in [2.05, 4.69) is 4.98 Å². The van der Waals surface area contributed by atoms with Crippen LogP contribution < -0.4 is 4.18 Å². The number of aryl methyl sites for hydroxylation is 1. The number of pyridine rings is 1. The van der Waals surface area contributed by atoms with Crippen LogP contribution in [-0.4, -0.2) is 19.2 Å². The van der Waals surface area contributed by atoms with Crippen molar-refractivity contribution in [3.8, 4) is 5.75 Å². The number of rotatable bonds is 4. The summed E-state index contributed by atoms with van der Waals surface area (Å²) in [7, 11) is -3.45. The highest BCUT2D eigenvalue weighted by Gasteiger charge is 2.12. The second-order valence-corrected chi connectivity index (χ2v) is 4.62. The summed E-state index contributed by atoms with van der Waals surface area (Å²) in [5.41, 5.74) is 0.576. The van der Waals surface area contributed by atoms with E-state index in [0.717, 1.165) is 0 Å². The van der Waals surface area contributed by atoms with E-state index in [-0.39, 0.29) is 5.75 Å². The Morgan fingerprint density at radius 2 is 2.21 bits per heavy atom. The molecular formula is C9H13NO3S. The molecule has 0 N–H and O–H groups in total. The molecule has 5 heteroatoms. The van der Waals surface area contributed by atoms with Gasteiger partial charge in [-0.2, -0.15) is 8.42 Å². The first kappa shape index (κ1) is 11.0. The zero-order chi connectivity index (χ0) is 10.6. The molecule has 1 aromatic rings. The minimum atomic E-state index is -3.45. The number of nitrogens with zero attached hydrogens (tertiary/aromatic N) is 1. The Hall–Kier alpha value is -1.10. The molecule has 1 heterocycles. The number of aromatic nitrogens is 1. The van der Waals surface area contributed by atoms with Gasteiger partial charge in [-0.3, -0.25) is 4.98 Å². The maximum Gasteiger partial charge on any atom is 0.309 e. The highest BCUT2D eigenvalue weighted by Crippen LogP contribution is 2.16. The van der Waals surface area contributed by atoms with Crippen LogP contribution in [0.15, 0.2) is 18.3 Å². The maximum absolute atomic E-state index is 11.3. The molecule has 0 saturated carbocycles. The molecule has 0 fully saturated rings. The highest BCUT2D eigenvalue weighted by molar-refractivity contribution is 7.87. The Morgan fingerprint density at radius 3 is 2.79 bits per heavy atom. The van der Waals surface area contributed by atoms with E-state index in [9.17, 15) is 8.42 Å². The van der Waals surface area contributed by atoms with Gasteiger partial charge in [0.1, 0.15) is 0 Å². The van der Waals surface area contributed by atoms with Crippen molar-refractivity contribution in [2.24, 2.45) is 0 Å². The van der Waals surface area contributed by atoms with Gasteiger partial charge in [0, 0.05) is 6.20 Å². The van der Waals surface area contributed by atoms with E-state index in [1.165, 1.54) is 0 Å². The topological polar surface area (TPSA) is 56.3 Å². The fourth-order valence-electron chi connectivity index (χ4n) is 0.986. The van der Waals surface area contributed by atoms with Gasteiger partial charge in [0.2, 0.25) is 0 Å². The monoisotopic (exact) mass is 215 g/mol. The normalized spacial score (nSPS) is 11.3. The van der Waals surface area contributed by atoms with E-state index in [4.69, 9.17) is 4.18 Å². The summed E-state index contributed by atoms with van der Waals surface area (Å²) >= 11 is 0. The average molecular weight is 215 g/mol. The number of hydrogen-bond acceptors (Lipinski definition) is 4. The molecule has 1 rings (SSSR count). The lowest BCUT2D eigenvalue weighted by Crippen LogP contribution is -2.13. The first-order chi connectivity index (χ1) is 6.55. The minimum Gasteiger partial charge on any atom is -0.380 e. The van der Waals surface area contributed by atoms with E-state index < -0.39 is 10.1 Å². The summed E-state index contributed by atoms with van der Waals surface area (Å²) in [6, 6.07) is 3.24. The van der Waals surface area contributed by atoms with Gasteiger partial charge in [-0.25, -0.2) is 0 Å². The molecule has 0 amide bonds. The molecule has 4 nitrogen and oxygen atoms in total. The van der Waals surface area contributed by atoms with Crippen molar-refractivity contribution in [2.45, 2.75) is 20.3 Å². The first-order valence-corrected chi connectivity index (χ1v) is 5.96. The fraction of sp³-hybridized carbons (Fsp3) is 0.444. The van der Waals surface area contributed by atoms with Crippen molar-refractivity contribution in [3.63, 3.8) is 0 Å². The van der Waals surface area contributed by atoms with Crippen LogP contribution in [0, 0.1) is 6.92 Å². The average Bonchev–Trinajstić information content (AvgIpc) is 2.08. The molecule has 1 aromatic heterocycles. The predicted octanol–water partition coefficient (Wildman–Crippen LogP) is 1.51. The molecule has 0 unspecified atom stereocenters. The van der Waals surface area contributed by atoms with E-state index >= 15 is 0 Å². The quantitative estimate of drug-likeness (QED) is 0.714. The minimum absolute atomic E-state index is 0.0291. The van der Waals surface area contributed by atoms with Gasteiger partial charge in [0.25, 0.3) is 0 Å². The zero-order valence-electron chi connectivity index (χ0n) is 8.23. The van der Waals surface area contributed by atoms with Crippen molar-refractivity contribution in [1.29, 1.82) is 0 Å². The molecule has 0 aliphatic heterocycles. The van der Waals surface area contributed by atoms with Gasteiger partial charge in [-0.15, -0.1) is 0 Å². The fourth-order valence-corrected chi connectivity index (χ4v) is 2.02. The van der Waals surface area contributed by atoms with Crippen LogP contribution in [0.5, 0.6) is 5.75 Å². The second kappa shape index (κ2) is 4.41. The Balaban J connectivity index is 2.84. The molecule has 78 valence electrons. The van der Waals surface area contributed by atoms with Gasteiger partial charge in [0.15, 0.2) is 5.75 Å². The van der Waals surface area contributed by atoms with Gasteiger partial charge < -0.3 is 4.18 Å². The van der Waals surface area contributed by atoms with Crippen molar-refractivity contribution in [3.05, 3.63) is 24.0 Å². The maximum atomic E-state index is 11.3. The largest absolute Gasteiger partial charge is 0.380 e. The summed E-state index contributed by atoms with van der Waals surface area (Å²) in [6.07, 6.45) is 2.14. The van der Waals surface area contributed by atoms with Gasteiger partial charge in [-0.1, -0.05) is 6.92 Å². The second-order valence-electron chi connectivity index (χ2n) is 2.93. The van der Waals surface area contributed by atoms with Crippen LogP contribution in [0.3, 0.4) is 0 Å². The summed E-state index contributed by atoms with van der Waals surface area (Å²) in [5.74, 6) is 0.336. The van der Waals surface area contributed by atoms with Crippen LogP contribution in [0.1, 0.15) is 19.0 Å². The standard InChI is InChI=1S/C9H13NO3S/c1-3-7-14(11,12)13-9-5-4-6-10-8(9)2/h4-6H,3,7H2,1-2H3. The molecule has 0 atom stereocenters. The third-order valence-electron chi connectivity index (χ3n) is 1.63. The Labute approximate surface area is 84.1 Å². The SMILES string of the molecule is CCCS(=O)(=O)Oc1cccnc1C. The predicted molar refractivity (Wildman–Crippen MR) is 53.7 cm³/mol. The van der Waals surface area contributed by atoms with Crippen molar-refractivity contribution in [2.75, 3.05) is 5.75 Å². The van der Waals surface area contributed by atoms with Crippen LogP contribution in [0.2, 0.25) is 0 Å². The van der Waals surface area contributed by atoms with Crippen LogP contribution in [0.4, 0.5) is 0 Å². The van der Waals surface area contributed by atoms with Crippen LogP contribution >= 0.6 is 0 Å². The van der Waals surface area contributed by atoms with E-state index in [1.807, 2.05) is 0 Å². The summed E-state index contributed by atoms with van der Waals surface area (Å²) in [4.78, 5) is 3.93. The van der Waals surface area contributed by atoms with Crippen LogP contribution in [0.25, 0.3) is 0 Å². The van der Waals surface area contributed by atoms with Crippen molar-refractivity contribution >= 4 is 10.1 Å². The molecule has 0 aliphatic carbocycles. The highest BCUT2D eigenvalue weighted by atomic mass is 32.2. The Morgan fingerprint density at radius 1 is 1.50 bits per heavy atom.